The number of anilines is 1. The van der Waals surface area contributed by atoms with Crippen LogP contribution in [0.2, 0.25) is 0 Å². The zero-order chi connectivity index (χ0) is 14.7. The molecule has 5 heteroatoms. The van der Waals surface area contributed by atoms with Crippen molar-refractivity contribution in [1.82, 2.24) is 10.2 Å². The Hall–Kier alpha value is -1.94. The second-order valence-electron chi connectivity index (χ2n) is 4.64. The van der Waals surface area contributed by atoms with E-state index in [4.69, 9.17) is 11.6 Å². The van der Waals surface area contributed by atoms with Crippen LogP contribution in [0.25, 0.3) is 0 Å². The van der Waals surface area contributed by atoms with Gasteiger partial charge in [0.2, 0.25) is 0 Å². The highest BCUT2D eigenvalue weighted by atomic mass is 35.5. The first-order valence-corrected chi connectivity index (χ1v) is 6.78. The maximum Gasteiger partial charge on any atom is 0.257 e. The number of halogens is 1. The Morgan fingerprint density at radius 2 is 1.95 bits per heavy atom. The third kappa shape index (κ3) is 3.14. The molecule has 0 aliphatic rings. The zero-order valence-corrected chi connectivity index (χ0v) is 12.4. The molecule has 1 heterocycles. The minimum Gasteiger partial charge on any atom is -0.322 e. The number of amides is 1. The normalized spacial score (nSPS) is 12.0. The molecule has 0 bridgehead atoms. The number of benzene rings is 1. The molecule has 0 aliphatic heterocycles. The maximum absolute atomic E-state index is 12.3. The molecule has 0 spiro atoms. The zero-order valence-electron chi connectivity index (χ0n) is 11.6. The molecule has 4 nitrogen and oxygen atoms in total. The number of carbonyl (C=O) groups excluding carboxylic acids is 1. The first kappa shape index (κ1) is 14.5. The van der Waals surface area contributed by atoms with E-state index in [1.165, 1.54) is 0 Å². The summed E-state index contributed by atoms with van der Waals surface area (Å²) in [7, 11) is 0. The number of aromatic nitrogens is 2. The van der Waals surface area contributed by atoms with Gasteiger partial charge >= 0.3 is 0 Å². The van der Waals surface area contributed by atoms with Crippen molar-refractivity contribution in [3.63, 3.8) is 0 Å². The summed E-state index contributed by atoms with van der Waals surface area (Å²) >= 11 is 6.12. The number of para-hydroxylation sites is 1. The summed E-state index contributed by atoms with van der Waals surface area (Å²) < 4.78 is 0. The van der Waals surface area contributed by atoms with E-state index in [9.17, 15) is 4.79 Å². The van der Waals surface area contributed by atoms with E-state index in [-0.39, 0.29) is 11.3 Å². The Kier molecular flexibility index (Phi) is 4.35. The van der Waals surface area contributed by atoms with Gasteiger partial charge in [-0.1, -0.05) is 18.2 Å². The van der Waals surface area contributed by atoms with Crippen LogP contribution < -0.4 is 5.32 Å². The Morgan fingerprint density at radius 3 is 2.65 bits per heavy atom. The maximum atomic E-state index is 12.3. The van der Waals surface area contributed by atoms with Crippen molar-refractivity contribution >= 4 is 23.2 Å². The second-order valence-corrected chi connectivity index (χ2v) is 5.30. The fraction of sp³-hybridized carbons (Fsp3) is 0.267. The highest BCUT2D eigenvalue weighted by Gasteiger charge is 2.14. The smallest absolute Gasteiger partial charge is 0.257 e. The van der Waals surface area contributed by atoms with E-state index in [0.29, 0.717) is 22.6 Å². The molecule has 0 fully saturated rings. The Bertz CT molecular complexity index is 641. The molecule has 0 aliphatic carbocycles. The number of alkyl halides is 1. The van der Waals surface area contributed by atoms with Gasteiger partial charge in [0.05, 0.1) is 22.3 Å². The molecule has 1 amide bonds. The lowest BCUT2D eigenvalue weighted by atomic mass is 10.1. The largest absolute Gasteiger partial charge is 0.322 e. The molecule has 1 aromatic carbocycles. The summed E-state index contributed by atoms with van der Waals surface area (Å²) in [5.74, 6) is -0.203. The summed E-state index contributed by atoms with van der Waals surface area (Å²) in [6.45, 7) is 5.44. The topological polar surface area (TPSA) is 54.9 Å². The van der Waals surface area contributed by atoms with Gasteiger partial charge in [0.25, 0.3) is 5.91 Å². The number of nitrogens with one attached hydrogen (secondary N) is 1. The molecular weight excluding hydrogens is 274 g/mol. The van der Waals surface area contributed by atoms with E-state index in [1.54, 1.807) is 19.9 Å². The number of nitrogens with zero attached hydrogens (tertiary/aromatic N) is 2. The highest BCUT2D eigenvalue weighted by molar-refractivity contribution is 6.21. The standard InChI is InChI=1S/C15H16ClN3O/c1-9-8-13(11(3)19-18-9)15(20)17-14-7-5-4-6-12(14)10(2)16/h4-8,10H,1-3H3,(H,17,20). The van der Waals surface area contributed by atoms with Crippen LogP contribution in [0.1, 0.15) is 39.6 Å². The highest BCUT2D eigenvalue weighted by Crippen LogP contribution is 2.27. The first-order valence-electron chi connectivity index (χ1n) is 6.34. The van der Waals surface area contributed by atoms with E-state index in [2.05, 4.69) is 15.5 Å². The molecule has 1 unspecified atom stereocenters. The van der Waals surface area contributed by atoms with E-state index < -0.39 is 0 Å². The Labute approximate surface area is 123 Å². The van der Waals surface area contributed by atoms with Gasteiger partial charge in [-0.25, -0.2) is 0 Å². The molecule has 0 saturated heterocycles. The van der Waals surface area contributed by atoms with Crippen molar-refractivity contribution in [1.29, 1.82) is 0 Å². The lowest BCUT2D eigenvalue weighted by Gasteiger charge is -2.13. The molecule has 20 heavy (non-hydrogen) atoms. The third-order valence-corrected chi connectivity index (χ3v) is 3.22. The molecular formula is C15H16ClN3O. The van der Waals surface area contributed by atoms with E-state index in [1.807, 2.05) is 31.2 Å². The number of rotatable bonds is 3. The number of aryl methyl sites for hydroxylation is 2. The number of hydrogen-bond acceptors (Lipinski definition) is 3. The van der Waals surface area contributed by atoms with Gasteiger partial charge in [-0.2, -0.15) is 10.2 Å². The molecule has 104 valence electrons. The monoisotopic (exact) mass is 289 g/mol. The van der Waals surface area contributed by atoms with Crippen LogP contribution in [0.4, 0.5) is 5.69 Å². The van der Waals surface area contributed by atoms with Gasteiger partial charge in [-0.3, -0.25) is 4.79 Å². The van der Waals surface area contributed by atoms with Crippen molar-refractivity contribution in [3.8, 4) is 0 Å². The lowest BCUT2D eigenvalue weighted by Crippen LogP contribution is -2.16. The summed E-state index contributed by atoms with van der Waals surface area (Å²) in [5, 5.41) is 10.6. The van der Waals surface area contributed by atoms with Crippen LogP contribution in [0, 0.1) is 13.8 Å². The molecule has 1 aromatic heterocycles. The Balaban J connectivity index is 2.31. The number of hydrogen-bond donors (Lipinski definition) is 1. The van der Waals surface area contributed by atoms with Crippen molar-refractivity contribution in [2.45, 2.75) is 26.1 Å². The van der Waals surface area contributed by atoms with Crippen LogP contribution in [0.15, 0.2) is 30.3 Å². The first-order chi connectivity index (χ1) is 9.49. The van der Waals surface area contributed by atoms with Gasteiger partial charge < -0.3 is 5.32 Å². The summed E-state index contributed by atoms with van der Waals surface area (Å²) in [4.78, 5) is 12.3. The quantitative estimate of drug-likeness (QED) is 0.878. The van der Waals surface area contributed by atoms with Crippen LogP contribution in [0.5, 0.6) is 0 Å². The predicted molar refractivity (Wildman–Crippen MR) is 80.2 cm³/mol. The molecule has 0 saturated carbocycles. The Morgan fingerprint density at radius 1 is 1.25 bits per heavy atom. The van der Waals surface area contributed by atoms with E-state index >= 15 is 0 Å². The van der Waals surface area contributed by atoms with Crippen molar-refractivity contribution in [2.75, 3.05) is 5.32 Å². The van der Waals surface area contributed by atoms with Gasteiger partial charge in [-0.15, -0.1) is 11.6 Å². The molecule has 2 aromatic rings. The van der Waals surface area contributed by atoms with Crippen LogP contribution in [-0.4, -0.2) is 16.1 Å². The van der Waals surface area contributed by atoms with Crippen molar-refractivity contribution in [3.05, 3.63) is 52.8 Å². The predicted octanol–water partition coefficient (Wildman–Crippen LogP) is 3.65. The van der Waals surface area contributed by atoms with Gasteiger partial charge in [0, 0.05) is 5.69 Å². The summed E-state index contributed by atoms with van der Waals surface area (Å²) in [6.07, 6.45) is 0. The average molecular weight is 290 g/mol. The molecule has 2 rings (SSSR count). The SMILES string of the molecule is Cc1cc(C(=O)Nc2ccccc2C(C)Cl)c(C)nn1. The van der Waals surface area contributed by atoms with Crippen molar-refractivity contribution in [2.24, 2.45) is 0 Å². The lowest BCUT2D eigenvalue weighted by molar-refractivity contribution is 0.102. The fourth-order valence-corrected chi connectivity index (χ4v) is 2.12. The number of carbonyl (C=O) groups is 1. The third-order valence-electron chi connectivity index (χ3n) is 2.98. The second kappa shape index (κ2) is 6.01. The fourth-order valence-electron chi connectivity index (χ4n) is 1.93. The van der Waals surface area contributed by atoms with Gasteiger partial charge in [0.15, 0.2) is 0 Å². The molecule has 1 N–H and O–H groups in total. The van der Waals surface area contributed by atoms with E-state index in [0.717, 1.165) is 5.56 Å². The minimum atomic E-state index is -0.203. The van der Waals surface area contributed by atoms with Gasteiger partial charge in [0.1, 0.15) is 0 Å². The van der Waals surface area contributed by atoms with Crippen LogP contribution >= 0.6 is 11.6 Å². The summed E-state index contributed by atoms with van der Waals surface area (Å²) in [6, 6.07) is 9.22. The van der Waals surface area contributed by atoms with Gasteiger partial charge in [-0.05, 0) is 38.5 Å². The van der Waals surface area contributed by atoms with Crippen LogP contribution in [0.3, 0.4) is 0 Å². The molecule has 0 radical (unpaired) electrons. The molecule has 1 atom stereocenters. The minimum absolute atomic E-state index is 0.176. The average Bonchev–Trinajstić information content (AvgIpc) is 2.41. The van der Waals surface area contributed by atoms with Crippen molar-refractivity contribution < 1.29 is 4.79 Å². The summed E-state index contributed by atoms with van der Waals surface area (Å²) in [5.41, 5.74) is 3.44. The van der Waals surface area contributed by atoms with Crippen LogP contribution in [-0.2, 0) is 0 Å².